The van der Waals surface area contributed by atoms with E-state index in [0.29, 0.717) is 42.2 Å². The van der Waals surface area contributed by atoms with Crippen LogP contribution >= 0.6 is 12.4 Å². The van der Waals surface area contributed by atoms with Crippen LogP contribution in [0.5, 0.6) is 0 Å². The quantitative estimate of drug-likeness (QED) is 0.631. The first kappa shape index (κ1) is 19.2. The first-order valence-corrected chi connectivity index (χ1v) is 8.75. The van der Waals surface area contributed by atoms with Gasteiger partial charge in [0, 0.05) is 37.3 Å². The van der Waals surface area contributed by atoms with Crippen molar-refractivity contribution in [1.82, 2.24) is 25.2 Å². The summed E-state index contributed by atoms with van der Waals surface area (Å²) in [5.41, 5.74) is 1.37. The topological polar surface area (TPSA) is 106 Å². The minimum Gasteiger partial charge on any atom is -0.336 e. The Balaban J connectivity index is 0.00000210. The number of benzene rings is 1. The Morgan fingerprint density at radius 1 is 1.30 bits per heavy atom. The maximum absolute atomic E-state index is 12.9. The van der Waals surface area contributed by atoms with Crippen molar-refractivity contribution in [2.24, 2.45) is 0 Å². The van der Waals surface area contributed by atoms with E-state index >= 15 is 0 Å². The van der Waals surface area contributed by atoms with Crippen LogP contribution < -0.4 is 5.32 Å². The molecule has 2 aromatic rings. The maximum Gasteiger partial charge on any atom is 0.276 e. The normalized spacial score (nSPS) is 21.4. The van der Waals surface area contributed by atoms with E-state index < -0.39 is 4.92 Å². The van der Waals surface area contributed by atoms with Crippen LogP contribution in [0.15, 0.2) is 24.3 Å². The van der Waals surface area contributed by atoms with Crippen molar-refractivity contribution in [2.45, 2.75) is 38.3 Å². The van der Waals surface area contributed by atoms with Crippen molar-refractivity contribution in [1.29, 1.82) is 0 Å². The van der Waals surface area contributed by atoms with Crippen LogP contribution in [0.25, 0.3) is 5.69 Å². The third-order valence-electron chi connectivity index (χ3n) is 5.19. The van der Waals surface area contributed by atoms with Gasteiger partial charge in [0.25, 0.3) is 11.6 Å². The summed E-state index contributed by atoms with van der Waals surface area (Å²) in [5.74, 6) is -0.131. The van der Waals surface area contributed by atoms with Crippen LogP contribution in [0.2, 0.25) is 0 Å². The Morgan fingerprint density at radius 3 is 2.85 bits per heavy atom. The van der Waals surface area contributed by atoms with Gasteiger partial charge in [-0.2, -0.15) is 0 Å². The highest BCUT2D eigenvalue weighted by molar-refractivity contribution is 5.93. The standard InChI is InChI=1S/C17H20N6O3.ClH/c1-11-16(17(24)21-8-7-12-5-6-13(10-21)18-12)19-20-22(11)14-3-2-4-15(9-14)23(25)26;/h2-4,9,12-13,18H,5-8,10H2,1H3;1H. The number of non-ortho nitro benzene ring substituents is 1. The van der Waals surface area contributed by atoms with Crippen molar-refractivity contribution in [3.05, 3.63) is 45.8 Å². The van der Waals surface area contributed by atoms with Gasteiger partial charge in [-0.1, -0.05) is 11.3 Å². The smallest absolute Gasteiger partial charge is 0.276 e. The van der Waals surface area contributed by atoms with Crippen LogP contribution in [0.3, 0.4) is 0 Å². The average molecular weight is 393 g/mol. The van der Waals surface area contributed by atoms with Crippen LogP contribution in [0.1, 0.15) is 35.4 Å². The predicted octanol–water partition coefficient (Wildman–Crippen LogP) is 1.87. The zero-order valence-electron chi connectivity index (χ0n) is 14.9. The molecule has 2 unspecified atom stereocenters. The van der Waals surface area contributed by atoms with E-state index in [0.717, 1.165) is 12.8 Å². The summed E-state index contributed by atoms with van der Waals surface area (Å²) in [7, 11) is 0. The van der Waals surface area contributed by atoms with E-state index in [1.165, 1.54) is 23.2 Å². The molecule has 1 amide bonds. The SMILES string of the molecule is Cc1c(C(=O)N2CCC3CCC(C2)N3)nnn1-c1cccc([N+](=O)[O-])c1.Cl. The van der Waals surface area contributed by atoms with Crippen LogP contribution in [0, 0.1) is 17.0 Å². The minimum atomic E-state index is -0.457. The molecular weight excluding hydrogens is 372 g/mol. The van der Waals surface area contributed by atoms with Crippen LogP contribution in [-0.4, -0.2) is 55.9 Å². The second-order valence-electron chi connectivity index (χ2n) is 6.89. The van der Waals surface area contributed by atoms with Gasteiger partial charge in [-0.15, -0.1) is 17.5 Å². The third-order valence-corrected chi connectivity index (χ3v) is 5.19. The number of halogens is 1. The summed E-state index contributed by atoms with van der Waals surface area (Å²) in [4.78, 5) is 25.3. The van der Waals surface area contributed by atoms with Crippen molar-refractivity contribution in [2.75, 3.05) is 13.1 Å². The molecule has 9 nitrogen and oxygen atoms in total. The lowest BCUT2D eigenvalue weighted by Gasteiger charge is -2.23. The molecule has 1 N–H and O–H groups in total. The highest BCUT2D eigenvalue weighted by Crippen LogP contribution is 2.23. The first-order chi connectivity index (χ1) is 12.5. The number of rotatable bonds is 3. The molecule has 2 bridgehead atoms. The minimum absolute atomic E-state index is 0. The molecule has 10 heteroatoms. The fourth-order valence-corrected chi connectivity index (χ4v) is 3.79. The van der Waals surface area contributed by atoms with Gasteiger partial charge in [0.2, 0.25) is 0 Å². The Hall–Kier alpha value is -2.52. The van der Waals surface area contributed by atoms with E-state index in [9.17, 15) is 14.9 Å². The molecule has 2 saturated heterocycles. The second-order valence-corrected chi connectivity index (χ2v) is 6.89. The van der Waals surface area contributed by atoms with E-state index in [1.807, 2.05) is 4.90 Å². The van der Waals surface area contributed by atoms with Gasteiger partial charge >= 0.3 is 0 Å². The number of nitro groups is 1. The number of likely N-dealkylation sites (tertiary alicyclic amines) is 1. The van der Waals surface area contributed by atoms with Gasteiger partial charge in [0.05, 0.1) is 16.3 Å². The average Bonchev–Trinajstić information content (AvgIpc) is 3.16. The Bertz CT molecular complexity index is 870. The molecule has 1 aromatic carbocycles. The molecule has 27 heavy (non-hydrogen) atoms. The van der Waals surface area contributed by atoms with E-state index in [4.69, 9.17) is 0 Å². The highest BCUT2D eigenvalue weighted by Gasteiger charge is 2.33. The Labute approximate surface area is 162 Å². The number of hydrogen-bond donors (Lipinski definition) is 1. The first-order valence-electron chi connectivity index (χ1n) is 8.75. The van der Waals surface area contributed by atoms with Gasteiger partial charge < -0.3 is 10.2 Å². The zero-order chi connectivity index (χ0) is 18.3. The molecule has 2 fully saturated rings. The van der Waals surface area contributed by atoms with Crippen LogP contribution in [0.4, 0.5) is 5.69 Å². The number of nitrogens with one attached hydrogen (secondary N) is 1. The maximum atomic E-state index is 12.9. The molecule has 0 radical (unpaired) electrons. The molecule has 2 atom stereocenters. The van der Waals surface area contributed by atoms with Crippen molar-refractivity contribution in [3.63, 3.8) is 0 Å². The zero-order valence-corrected chi connectivity index (χ0v) is 15.7. The summed E-state index contributed by atoms with van der Waals surface area (Å²) in [6.45, 7) is 3.14. The lowest BCUT2D eigenvalue weighted by molar-refractivity contribution is -0.384. The molecule has 3 heterocycles. The summed E-state index contributed by atoms with van der Waals surface area (Å²) in [6, 6.07) is 6.98. The molecule has 144 valence electrons. The van der Waals surface area contributed by atoms with Crippen molar-refractivity contribution < 1.29 is 9.72 Å². The van der Waals surface area contributed by atoms with Crippen molar-refractivity contribution in [3.8, 4) is 5.69 Å². The van der Waals surface area contributed by atoms with Gasteiger partial charge in [-0.05, 0) is 32.3 Å². The Morgan fingerprint density at radius 2 is 2.07 bits per heavy atom. The summed E-state index contributed by atoms with van der Waals surface area (Å²) < 4.78 is 1.47. The number of nitro benzene ring substituents is 1. The van der Waals surface area contributed by atoms with Gasteiger partial charge in [0.1, 0.15) is 0 Å². The second kappa shape index (κ2) is 7.61. The summed E-state index contributed by atoms with van der Waals surface area (Å²) in [6.07, 6.45) is 3.21. The molecular formula is C17H21ClN6O3. The molecule has 1 aromatic heterocycles. The van der Waals surface area contributed by atoms with Gasteiger partial charge in [-0.3, -0.25) is 14.9 Å². The van der Waals surface area contributed by atoms with Crippen molar-refractivity contribution >= 4 is 24.0 Å². The molecule has 0 saturated carbocycles. The van der Waals surface area contributed by atoms with E-state index in [-0.39, 0.29) is 24.0 Å². The largest absolute Gasteiger partial charge is 0.336 e. The number of nitrogens with zero attached hydrogens (tertiary/aromatic N) is 5. The molecule has 2 aliphatic heterocycles. The van der Waals surface area contributed by atoms with E-state index in [1.54, 1.807) is 19.1 Å². The van der Waals surface area contributed by atoms with Crippen LogP contribution in [-0.2, 0) is 0 Å². The Kier molecular flexibility index (Phi) is 5.43. The summed E-state index contributed by atoms with van der Waals surface area (Å²) >= 11 is 0. The molecule has 0 aliphatic carbocycles. The molecule has 2 aliphatic rings. The predicted molar refractivity (Wildman–Crippen MR) is 100 cm³/mol. The fourth-order valence-electron chi connectivity index (χ4n) is 3.79. The monoisotopic (exact) mass is 392 g/mol. The summed E-state index contributed by atoms with van der Waals surface area (Å²) in [5, 5.41) is 22.7. The molecule has 0 spiro atoms. The highest BCUT2D eigenvalue weighted by atomic mass is 35.5. The van der Waals surface area contributed by atoms with Gasteiger partial charge in [0.15, 0.2) is 5.69 Å². The number of aromatic nitrogens is 3. The lowest BCUT2D eigenvalue weighted by atomic mass is 10.1. The number of amides is 1. The van der Waals surface area contributed by atoms with E-state index in [2.05, 4.69) is 15.6 Å². The lowest BCUT2D eigenvalue weighted by Crippen LogP contribution is -2.39. The van der Waals surface area contributed by atoms with Gasteiger partial charge in [-0.25, -0.2) is 4.68 Å². The third kappa shape index (κ3) is 3.65. The number of hydrogen-bond acceptors (Lipinski definition) is 6. The number of fused-ring (bicyclic) bond motifs is 2. The fraction of sp³-hybridized carbons (Fsp3) is 0.471. The molecule has 4 rings (SSSR count). The number of carbonyl (C=O) groups excluding carboxylic acids is 1. The number of carbonyl (C=O) groups is 1.